The van der Waals surface area contributed by atoms with Gasteiger partial charge in [-0.15, -0.1) is 0 Å². The molecule has 0 saturated heterocycles. The van der Waals surface area contributed by atoms with Crippen molar-refractivity contribution in [2.45, 2.75) is 13.5 Å². The zero-order chi connectivity index (χ0) is 22.5. The highest BCUT2D eigenvalue weighted by Crippen LogP contribution is 2.34. The summed E-state index contributed by atoms with van der Waals surface area (Å²) in [5.74, 6) is 0.00978. The summed E-state index contributed by atoms with van der Waals surface area (Å²) in [6.07, 6.45) is 8.08. The standard InChI is InChI=1S/C22H22Cl2N6O/c1-3-4-14(7-8-25)11-27-21(31)19-12-30-20(16-6-5-15(23)9-18(16)24)17(10-26)13(2)28-22(30)29-19/h3-9,12H,1,10-11,25-26H2,2H3,(H,27,31)/b8-7-,14-4+. The number of imidazole rings is 1. The lowest BCUT2D eigenvalue weighted by Gasteiger charge is -2.14. The third-order valence-corrected chi connectivity index (χ3v) is 5.18. The van der Waals surface area contributed by atoms with Crippen LogP contribution >= 0.6 is 23.2 Å². The number of halogens is 2. The van der Waals surface area contributed by atoms with Crippen molar-refractivity contribution in [3.05, 3.63) is 88.0 Å². The van der Waals surface area contributed by atoms with Crippen LogP contribution in [-0.4, -0.2) is 26.8 Å². The van der Waals surface area contributed by atoms with Crippen LogP contribution in [-0.2, 0) is 6.54 Å². The quantitative estimate of drug-likeness (QED) is 0.468. The maximum absolute atomic E-state index is 12.7. The second-order valence-corrected chi connectivity index (χ2v) is 7.51. The number of nitrogens with two attached hydrogens (primary N) is 2. The summed E-state index contributed by atoms with van der Waals surface area (Å²) in [4.78, 5) is 21.6. The Labute approximate surface area is 190 Å². The van der Waals surface area contributed by atoms with E-state index in [0.717, 1.165) is 22.4 Å². The van der Waals surface area contributed by atoms with Gasteiger partial charge in [0.25, 0.3) is 5.91 Å². The summed E-state index contributed by atoms with van der Waals surface area (Å²) in [6, 6.07) is 5.21. The van der Waals surface area contributed by atoms with Crippen LogP contribution in [0.1, 0.15) is 21.7 Å². The molecular weight excluding hydrogens is 435 g/mol. The number of carbonyl (C=O) groups is 1. The average molecular weight is 457 g/mol. The van der Waals surface area contributed by atoms with Crippen LogP contribution in [0.15, 0.2) is 61.0 Å². The van der Waals surface area contributed by atoms with E-state index >= 15 is 0 Å². The number of nitrogens with zero attached hydrogens (tertiary/aromatic N) is 3. The van der Waals surface area contributed by atoms with E-state index < -0.39 is 0 Å². The van der Waals surface area contributed by atoms with Crippen LogP contribution in [0.5, 0.6) is 0 Å². The normalized spacial score (nSPS) is 11.9. The van der Waals surface area contributed by atoms with Gasteiger partial charge in [0.1, 0.15) is 5.69 Å². The first kappa shape index (κ1) is 22.6. The largest absolute Gasteiger partial charge is 0.405 e. The molecule has 3 aromatic rings. The minimum absolute atomic E-state index is 0.210. The molecule has 0 aliphatic rings. The molecule has 5 N–H and O–H groups in total. The lowest BCUT2D eigenvalue weighted by Crippen LogP contribution is -2.25. The SMILES string of the molecule is C=C/C=C(\C=C/N)CNC(=O)c1cn2c(-c3ccc(Cl)cc3Cl)c(CN)c(C)nc2n1. The molecule has 0 saturated carbocycles. The fraction of sp³-hybridized carbons (Fsp3) is 0.136. The zero-order valence-corrected chi connectivity index (χ0v) is 18.4. The van der Waals surface area contributed by atoms with Crippen molar-refractivity contribution < 1.29 is 4.79 Å². The van der Waals surface area contributed by atoms with Crippen molar-refractivity contribution in [1.82, 2.24) is 19.7 Å². The fourth-order valence-electron chi connectivity index (χ4n) is 3.20. The maximum Gasteiger partial charge on any atom is 0.271 e. The number of benzene rings is 1. The highest BCUT2D eigenvalue weighted by Gasteiger charge is 2.20. The molecule has 2 heterocycles. The molecule has 0 unspecified atom stereocenters. The molecule has 0 bridgehead atoms. The van der Waals surface area contributed by atoms with Gasteiger partial charge in [-0.1, -0.05) is 41.9 Å². The number of aromatic nitrogens is 3. The number of fused-ring (bicyclic) bond motifs is 1. The summed E-state index contributed by atoms with van der Waals surface area (Å²) >= 11 is 12.5. The summed E-state index contributed by atoms with van der Waals surface area (Å²) < 4.78 is 1.72. The molecule has 9 heteroatoms. The molecule has 2 aromatic heterocycles. The van der Waals surface area contributed by atoms with Crippen molar-refractivity contribution in [2.24, 2.45) is 11.5 Å². The number of nitrogens with one attached hydrogen (secondary N) is 1. The van der Waals surface area contributed by atoms with E-state index in [-0.39, 0.29) is 24.7 Å². The number of amides is 1. The van der Waals surface area contributed by atoms with Gasteiger partial charge in [0.2, 0.25) is 5.78 Å². The predicted molar refractivity (Wildman–Crippen MR) is 125 cm³/mol. The minimum Gasteiger partial charge on any atom is -0.405 e. The van der Waals surface area contributed by atoms with Gasteiger partial charge in [-0.25, -0.2) is 9.97 Å². The fourth-order valence-corrected chi connectivity index (χ4v) is 3.70. The van der Waals surface area contributed by atoms with Crippen LogP contribution in [0.2, 0.25) is 10.0 Å². The Bertz CT molecular complexity index is 1210. The molecule has 0 radical (unpaired) electrons. The maximum atomic E-state index is 12.7. The minimum atomic E-state index is -0.356. The van der Waals surface area contributed by atoms with Gasteiger partial charge in [-0.2, -0.15) is 0 Å². The third kappa shape index (κ3) is 4.80. The van der Waals surface area contributed by atoms with Crippen molar-refractivity contribution in [2.75, 3.05) is 6.54 Å². The highest BCUT2D eigenvalue weighted by molar-refractivity contribution is 6.36. The molecular formula is C22H22Cl2N6O. The summed E-state index contributed by atoms with van der Waals surface area (Å²) in [7, 11) is 0. The number of rotatable bonds is 7. The first-order chi connectivity index (χ1) is 14.9. The van der Waals surface area contributed by atoms with Crippen LogP contribution in [0.25, 0.3) is 17.0 Å². The van der Waals surface area contributed by atoms with Gasteiger partial charge in [0.15, 0.2) is 0 Å². The molecule has 0 aliphatic heterocycles. The van der Waals surface area contributed by atoms with E-state index in [1.807, 2.05) is 13.0 Å². The van der Waals surface area contributed by atoms with E-state index in [2.05, 4.69) is 21.9 Å². The summed E-state index contributed by atoms with van der Waals surface area (Å²) in [5, 5.41) is 3.80. The number of hydrogen-bond acceptors (Lipinski definition) is 5. The second-order valence-electron chi connectivity index (χ2n) is 6.67. The van der Waals surface area contributed by atoms with Crippen molar-refractivity contribution in [3.8, 4) is 11.3 Å². The lowest BCUT2D eigenvalue weighted by molar-refractivity contribution is 0.0953. The second kappa shape index (κ2) is 9.78. The van der Waals surface area contributed by atoms with Gasteiger partial charge < -0.3 is 16.8 Å². The van der Waals surface area contributed by atoms with Gasteiger partial charge in [0, 0.05) is 41.1 Å². The Kier molecular flexibility index (Phi) is 7.12. The first-order valence-electron chi connectivity index (χ1n) is 9.41. The monoisotopic (exact) mass is 456 g/mol. The molecule has 3 rings (SSSR count). The average Bonchev–Trinajstić information content (AvgIpc) is 3.15. The summed E-state index contributed by atoms with van der Waals surface area (Å²) in [5.41, 5.74) is 15.4. The molecule has 1 amide bonds. The van der Waals surface area contributed by atoms with E-state index in [1.54, 1.807) is 41.0 Å². The van der Waals surface area contributed by atoms with Crippen molar-refractivity contribution in [1.29, 1.82) is 0 Å². The van der Waals surface area contributed by atoms with Gasteiger partial charge in [-0.3, -0.25) is 9.20 Å². The van der Waals surface area contributed by atoms with E-state index in [4.69, 9.17) is 34.7 Å². The Morgan fingerprint density at radius 2 is 2.10 bits per heavy atom. The first-order valence-corrected chi connectivity index (χ1v) is 10.2. The Balaban J connectivity index is 2.07. The molecule has 1 aromatic carbocycles. The van der Waals surface area contributed by atoms with Crippen LogP contribution in [0.3, 0.4) is 0 Å². The Hall–Kier alpha value is -3.13. The van der Waals surface area contributed by atoms with Crippen molar-refractivity contribution >= 4 is 34.9 Å². The predicted octanol–water partition coefficient (Wildman–Crippen LogP) is 3.78. The van der Waals surface area contributed by atoms with Crippen LogP contribution in [0, 0.1) is 6.92 Å². The van der Waals surface area contributed by atoms with E-state index in [0.29, 0.717) is 21.5 Å². The van der Waals surface area contributed by atoms with Gasteiger partial charge in [-0.05, 0) is 43.0 Å². The molecule has 31 heavy (non-hydrogen) atoms. The molecule has 7 nitrogen and oxygen atoms in total. The van der Waals surface area contributed by atoms with Crippen LogP contribution in [0.4, 0.5) is 0 Å². The molecule has 0 fully saturated rings. The number of aryl methyl sites for hydroxylation is 1. The van der Waals surface area contributed by atoms with E-state index in [9.17, 15) is 4.79 Å². The molecule has 160 valence electrons. The number of allylic oxidation sites excluding steroid dienone is 2. The Morgan fingerprint density at radius 3 is 2.74 bits per heavy atom. The smallest absolute Gasteiger partial charge is 0.271 e. The highest BCUT2D eigenvalue weighted by atomic mass is 35.5. The topological polar surface area (TPSA) is 111 Å². The molecule has 0 atom stereocenters. The number of carbonyl (C=O) groups excluding carboxylic acids is 1. The molecule has 0 spiro atoms. The zero-order valence-electron chi connectivity index (χ0n) is 16.9. The van der Waals surface area contributed by atoms with Gasteiger partial charge in [0.05, 0.1) is 10.7 Å². The lowest BCUT2D eigenvalue weighted by atomic mass is 10.0. The van der Waals surface area contributed by atoms with Crippen molar-refractivity contribution in [3.63, 3.8) is 0 Å². The molecule has 0 aliphatic carbocycles. The third-order valence-electron chi connectivity index (χ3n) is 4.64. The number of hydrogen-bond donors (Lipinski definition) is 3. The summed E-state index contributed by atoms with van der Waals surface area (Å²) in [6.45, 7) is 6.00. The van der Waals surface area contributed by atoms with Gasteiger partial charge >= 0.3 is 0 Å². The van der Waals surface area contributed by atoms with E-state index in [1.165, 1.54) is 6.20 Å². The Morgan fingerprint density at radius 1 is 1.32 bits per heavy atom. The van der Waals surface area contributed by atoms with Crippen LogP contribution < -0.4 is 16.8 Å².